The van der Waals surface area contributed by atoms with Crippen LogP contribution >= 0.6 is 0 Å². The molecule has 7 nitrogen and oxygen atoms in total. The van der Waals surface area contributed by atoms with Crippen molar-refractivity contribution in [1.82, 2.24) is 14.7 Å². The Balaban J connectivity index is 1.79. The third-order valence-electron chi connectivity index (χ3n) is 5.22. The first kappa shape index (κ1) is 22.4. The number of piperazine rings is 1. The van der Waals surface area contributed by atoms with Crippen molar-refractivity contribution in [3.63, 3.8) is 0 Å². The molecule has 2 saturated heterocycles. The Morgan fingerprint density at radius 2 is 1.27 bits per heavy atom. The number of carbonyl (C=O) groups excluding carboxylic acids is 2. The van der Waals surface area contributed by atoms with Crippen molar-refractivity contribution in [3.05, 3.63) is 35.9 Å². The number of likely N-dealkylation sites (tertiary alicyclic amines) is 1. The number of hydrogen-bond acceptors (Lipinski definition) is 5. The summed E-state index contributed by atoms with van der Waals surface area (Å²) in [5, 5.41) is 0. The maximum absolute atomic E-state index is 12.9. The first-order valence-electron chi connectivity index (χ1n) is 10.7. The van der Waals surface area contributed by atoms with E-state index in [-0.39, 0.29) is 24.3 Å². The Bertz CT molecular complexity index is 710. The van der Waals surface area contributed by atoms with E-state index in [2.05, 4.69) is 17.0 Å². The lowest BCUT2D eigenvalue weighted by atomic mass is 10.1. The minimum Gasteiger partial charge on any atom is -0.444 e. The molecule has 2 aliphatic rings. The van der Waals surface area contributed by atoms with Crippen LogP contribution in [0.4, 0.5) is 9.59 Å². The number of benzene rings is 1. The summed E-state index contributed by atoms with van der Waals surface area (Å²) >= 11 is 0. The maximum Gasteiger partial charge on any atom is 0.410 e. The number of hydrogen-bond donors (Lipinski definition) is 0. The molecule has 1 aromatic rings. The van der Waals surface area contributed by atoms with Crippen LogP contribution in [-0.4, -0.2) is 76.4 Å². The molecule has 1 aromatic carbocycles. The number of amides is 2. The summed E-state index contributed by atoms with van der Waals surface area (Å²) in [6.07, 6.45) is -0.634. The van der Waals surface area contributed by atoms with Crippen LogP contribution in [0.15, 0.2) is 30.3 Å². The van der Waals surface area contributed by atoms with Crippen LogP contribution in [0.3, 0.4) is 0 Å². The monoisotopic (exact) mass is 417 g/mol. The Morgan fingerprint density at radius 1 is 0.833 bits per heavy atom. The quantitative estimate of drug-likeness (QED) is 0.734. The van der Waals surface area contributed by atoms with Crippen LogP contribution in [0, 0.1) is 0 Å². The molecule has 2 amide bonds. The molecular weight excluding hydrogens is 382 g/mol. The number of nitrogens with zero attached hydrogens (tertiary/aromatic N) is 3. The highest BCUT2D eigenvalue weighted by atomic mass is 16.6. The summed E-state index contributed by atoms with van der Waals surface area (Å²) in [7, 11) is 0. The Labute approximate surface area is 179 Å². The minimum absolute atomic E-state index is 0.121. The van der Waals surface area contributed by atoms with Gasteiger partial charge in [-0.1, -0.05) is 30.3 Å². The molecule has 0 radical (unpaired) electrons. The van der Waals surface area contributed by atoms with Gasteiger partial charge in [-0.2, -0.15) is 0 Å². The third-order valence-corrected chi connectivity index (χ3v) is 5.22. The van der Waals surface area contributed by atoms with E-state index in [0.29, 0.717) is 26.2 Å². The standard InChI is InChI=1S/C23H35N3O4/c1-22(2,3)29-20(27)25-12-13-26(21(28)30-23(4,5)6)19-16-24(15-18(19)25)14-17-10-8-7-9-11-17/h7-11,18-19H,12-16H2,1-6H3. The van der Waals surface area contributed by atoms with Crippen molar-refractivity contribution in [2.24, 2.45) is 0 Å². The van der Waals surface area contributed by atoms with Gasteiger partial charge in [0, 0.05) is 32.7 Å². The summed E-state index contributed by atoms with van der Waals surface area (Å²) in [5.74, 6) is 0. The van der Waals surface area contributed by atoms with Crippen molar-refractivity contribution >= 4 is 12.2 Å². The first-order valence-corrected chi connectivity index (χ1v) is 10.7. The molecule has 2 heterocycles. The van der Waals surface area contributed by atoms with Crippen molar-refractivity contribution in [1.29, 1.82) is 0 Å². The van der Waals surface area contributed by atoms with Crippen molar-refractivity contribution < 1.29 is 19.1 Å². The molecule has 3 rings (SSSR count). The van der Waals surface area contributed by atoms with Gasteiger partial charge in [-0.3, -0.25) is 4.90 Å². The van der Waals surface area contributed by atoms with Crippen molar-refractivity contribution in [3.8, 4) is 0 Å². The van der Waals surface area contributed by atoms with Gasteiger partial charge in [0.15, 0.2) is 0 Å². The van der Waals surface area contributed by atoms with Gasteiger partial charge in [0.2, 0.25) is 0 Å². The summed E-state index contributed by atoms with van der Waals surface area (Å²) in [6.45, 7) is 14.3. The fourth-order valence-electron chi connectivity index (χ4n) is 4.07. The third kappa shape index (κ3) is 5.65. The number of ether oxygens (including phenoxy) is 2. The molecule has 0 aromatic heterocycles. The van der Waals surface area contributed by atoms with Crippen LogP contribution in [-0.2, 0) is 16.0 Å². The van der Waals surface area contributed by atoms with Gasteiger partial charge >= 0.3 is 12.2 Å². The smallest absolute Gasteiger partial charge is 0.410 e. The van der Waals surface area contributed by atoms with E-state index in [4.69, 9.17) is 9.47 Å². The van der Waals surface area contributed by atoms with Gasteiger partial charge in [-0.05, 0) is 47.1 Å². The highest BCUT2D eigenvalue weighted by Crippen LogP contribution is 2.29. The van der Waals surface area contributed by atoms with Crippen LogP contribution in [0.5, 0.6) is 0 Å². The molecule has 2 atom stereocenters. The van der Waals surface area contributed by atoms with Gasteiger partial charge in [0.05, 0.1) is 12.1 Å². The number of carbonyl (C=O) groups is 2. The topological polar surface area (TPSA) is 62.3 Å². The fraction of sp³-hybridized carbons (Fsp3) is 0.652. The second-order valence-electron chi connectivity index (χ2n) is 10.2. The highest BCUT2D eigenvalue weighted by Gasteiger charge is 2.48. The molecule has 7 heteroatoms. The van der Waals surface area contributed by atoms with Gasteiger partial charge < -0.3 is 19.3 Å². The Kier molecular flexibility index (Phi) is 6.32. The number of fused-ring (bicyclic) bond motifs is 1. The molecule has 166 valence electrons. The highest BCUT2D eigenvalue weighted by molar-refractivity contribution is 5.72. The van der Waals surface area contributed by atoms with E-state index in [1.807, 2.05) is 59.7 Å². The zero-order valence-electron chi connectivity index (χ0n) is 19.1. The zero-order valence-corrected chi connectivity index (χ0v) is 19.1. The van der Waals surface area contributed by atoms with E-state index in [9.17, 15) is 9.59 Å². The van der Waals surface area contributed by atoms with Crippen molar-refractivity contribution in [2.45, 2.75) is 71.4 Å². The molecule has 2 fully saturated rings. The zero-order chi connectivity index (χ0) is 22.1. The van der Waals surface area contributed by atoms with Gasteiger partial charge in [0.25, 0.3) is 0 Å². The Hall–Kier alpha value is -2.28. The molecule has 0 aliphatic carbocycles. The van der Waals surface area contributed by atoms with Gasteiger partial charge in [-0.15, -0.1) is 0 Å². The molecule has 0 bridgehead atoms. The molecule has 30 heavy (non-hydrogen) atoms. The first-order chi connectivity index (χ1) is 13.9. The average Bonchev–Trinajstić information content (AvgIpc) is 3.01. The van der Waals surface area contributed by atoms with E-state index in [1.165, 1.54) is 5.56 Å². The summed E-state index contributed by atoms with van der Waals surface area (Å²) in [4.78, 5) is 31.6. The van der Waals surface area contributed by atoms with Crippen LogP contribution in [0.25, 0.3) is 0 Å². The minimum atomic E-state index is -0.558. The van der Waals surface area contributed by atoms with Gasteiger partial charge in [0.1, 0.15) is 11.2 Å². The second-order valence-corrected chi connectivity index (χ2v) is 10.2. The van der Waals surface area contributed by atoms with E-state index in [1.54, 1.807) is 9.80 Å². The molecule has 2 aliphatic heterocycles. The van der Waals surface area contributed by atoms with Gasteiger partial charge in [-0.25, -0.2) is 9.59 Å². The normalized spacial score (nSPS) is 22.6. The van der Waals surface area contributed by atoms with Crippen molar-refractivity contribution in [2.75, 3.05) is 26.2 Å². The molecule has 0 spiro atoms. The SMILES string of the molecule is CC(C)(C)OC(=O)N1CCN(C(=O)OC(C)(C)C)C2CN(Cc3ccccc3)CC21. The lowest BCUT2D eigenvalue weighted by Gasteiger charge is -2.44. The largest absolute Gasteiger partial charge is 0.444 e. The summed E-state index contributed by atoms with van der Waals surface area (Å²) in [6, 6.07) is 10.0. The predicted molar refractivity (Wildman–Crippen MR) is 115 cm³/mol. The molecule has 0 saturated carbocycles. The molecule has 2 unspecified atom stereocenters. The fourth-order valence-corrected chi connectivity index (χ4v) is 4.07. The van der Waals surface area contributed by atoms with Crippen LogP contribution in [0.2, 0.25) is 0 Å². The average molecular weight is 418 g/mol. The van der Waals surface area contributed by atoms with E-state index < -0.39 is 11.2 Å². The lowest BCUT2D eigenvalue weighted by molar-refractivity contribution is -0.0240. The summed E-state index contributed by atoms with van der Waals surface area (Å²) < 4.78 is 11.3. The van der Waals surface area contributed by atoms with Crippen LogP contribution < -0.4 is 0 Å². The Morgan fingerprint density at radius 3 is 1.67 bits per heavy atom. The second kappa shape index (κ2) is 8.46. The number of rotatable bonds is 2. The van der Waals surface area contributed by atoms with E-state index in [0.717, 1.165) is 6.54 Å². The summed E-state index contributed by atoms with van der Waals surface area (Å²) in [5.41, 5.74) is 0.0952. The lowest BCUT2D eigenvalue weighted by Crippen LogP contribution is -2.62. The van der Waals surface area contributed by atoms with Crippen LogP contribution in [0.1, 0.15) is 47.1 Å². The predicted octanol–water partition coefficient (Wildman–Crippen LogP) is 3.73. The maximum atomic E-state index is 12.9. The van der Waals surface area contributed by atoms with E-state index >= 15 is 0 Å². The molecular formula is C23H35N3O4. The molecule has 0 N–H and O–H groups in total.